The highest BCUT2D eigenvalue weighted by Crippen LogP contribution is 2.62. The Bertz CT molecular complexity index is 1970. The van der Waals surface area contributed by atoms with Gasteiger partial charge in [-0.05, 0) is 89.1 Å². The fourth-order valence-electron chi connectivity index (χ4n) is 9.07. The van der Waals surface area contributed by atoms with Gasteiger partial charge in [0.1, 0.15) is 11.5 Å². The summed E-state index contributed by atoms with van der Waals surface area (Å²) in [4.78, 5) is 13.1. The molecule has 6 heteroatoms. The van der Waals surface area contributed by atoms with Crippen molar-refractivity contribution in [3.8, 4) is 11.5 Å². The Morgan fingerprint density at radius 1 is 0.729 bits per heavy atom. The molecule has 4 unspecified atom stereocenters. The first-order chi connectivity index (χ1) is 23.4. The van der Waals surface area contributed by atoms with Gasteiger partial charge in [-0.3, -0.25) is 4.79 Å². The second-order valence-electron chi connectivity index (χ2n) is 13.6. The van der Waals surface area contributed by atoms with Crippen LogP contribution in [-0.2, 0) is 20.4 Å². The number of dihydropyridines is 2. The highest BCUT2D eigenvalue weighted by Gasteiger charge is 2.55. The van der Waals surface area contributed by atoms with Gasteiger partial charge >= 0.3 is 5.97 Å². The predicted octanol–water partition coefficient (Wildman–Crippen LogP) is 7.52. The normalized spacial score (nSPS) is 26.7. The van der Waals surface area contributed by atoms with Gasteiger partial charge in [-0.15, -0.1) is 0 Å². The van der Waals surface area contributed by atoms with E-state index in [0.29, 0.717) is 12.8 Å². The van der Waals surface area contributed by atoms with Crippen molar-refractivity contribution in [2.45, 2.75) is 61.9 Å². The van der Waals surface area contributed by atoms with E-state index in [-0.39, 0.29) is 23.5 Å². The van der Waals surface area contributed by atoms with Crippen molar-refractivity contribution in [3.05, 3.63) is 142 Å². The third kappa shape index (κ3) is 4.49. The highest BCUT2D eigenvalue weighted by molar-refractivity contribution is 5.88. The Balaban J connectivity index is 1.40. The van der Waals surface area contributed by atoms with Crippen LogP contribution in [-0.4, -0.2) is 39.4 Å². The van der Waals surface area contributed by atoms with Crippen molar-refractivity contribution in [1.82, 2.24) is 10.6 Å². The molecule has 6 aliphatic rings. The number of allylic oxidation sites excluding steroid dienone is 8. The molecule has 4 aliphatic carbocycles. The summed E-state index contributed by atoms with van der Waals surface area (Å²) in [5.74, 6) is 1.45. The number of fused-ring (bicyclic) bond motifs is 6. The molecule has 2 heterocycles. The minimum absolute atomic E-state index is 0.0887. The number of nitrogens with one attached hydrogen (secondary N) is 2. The molecular weight excluding hydrogens is 596 g/mol. The minimum atomic E-state index is -0.539. The lowest BCUT2D eigenvalue weighted by molar-refractivity contribution is -0.141. The van der Waals surface area contributed by atoms with Gasteiger partial charge in [-0.25, -0.2) is 0 Å². The molecule has 6 nitrogen and oxygen atoms in total. The average Bonchev–Trinajstić information content (AvgIpc) is 3.53. The van der Waals surface area contributed by atoms with Gasteiger partial charge in [-0.1, -0.05) is 74.1 Å². The zero-order chi connectivity index (χ0) is 33.0. The minimum Gasteiger partial charge on any atom is -0.497 e. The first kappa shape index (κ1) is 30.4. The predicted molar refractivity (Wildman–Crippen MR) is 191 cm³/mol. The van der Waals surface area contributed by atoms with Crippen molar-refractivity contribution in [2.24, 2.45) is 0 Å². The molecule has 0 bridgehead atoms. The van der Waals surface area contributed by atoms with Gasteiger partial charge in [-0.2, -0.15) is 0 Å². The SMILES string of the molecule is CCCC1(CC2(CCC(=O)OC)C3=C(NC4C=CC=CC4=C3)c3ccc(OC)cc32)C2=C(NC3C=CC=CC3=C2)c2ccc(OC)cc21. The monoisotopic (exact) mass is 638 g/mol. The smallest absolute Gasteiger partial charge is 0.305 e. The largest absolute Gasteiger partial charge is 0.497 e. The quantitative estimate of drug-likeness (QED) is 0.277. The van der Waals surface area contributed by atoms with E-state index in [4.69, 9.17) is 14.2 Å². The third-order valence-electron chi connectivity index (χ3n) is 11.2. The van der Waals surface area contributed by atoms with Crippen molar-refractivity contribution >= 4 is 17.4 Å². The summed E-state index contributed by atoms with van der Waals surface area (Å²) in [6.07, 6.45) is 25.7. The van der Waals surface area contributed by atoms with Gasteiger partial charge in [0.2, 0.25) is 0 Å². The molecule has 2 aromatic rings. The van der Waals surface area contributed by atoms with E-state index >= 15 is 0 Å². The zero-order valence-electron chi connectivity index (χ0n) is 28.1. The number of hydrogen-bond donors (Lipinski definition) is 2. The average molecular weight is 639 g/mol. The van der Waals surface area contributed by atoms with E-state index in [2.05, 4.69) is 109 Å². The van der Waals surface area contributed by atoms with Crippen LogP contribution in [0.5, 0.6) is 11.5 Å². The third-order valence-corrected chi connectivity index (χ3v) is 11.2. The summed E-state index contributed by atoms with van der Waals surface area (Å²) >= 11 is 0. The molecule has 48 heavy (non-hydrogen) atoms. The maximum atomic E-state index is 13.1. The molecule has 0 fully saturated rings. The Kier molecular flexibility index (Phi) is 7.35. The number of esters is 1. The number of hydrogen-bond acceptors (Lipinski definition) is 6. The number of carbonyl (C=O) groups excluding carboxylic acids is 1. The van der Waals surface area contributed by atoms with E-state index in [1.165, 1.54) is 57.4 Å². The lowest BCUT2D eigenvalue weighted by atomic mass is 9.58. The standard InChI is InChI=1S/C42H42N2O4/c1-5-19-41(32-23-28(46-2)14-16-30(32)39-34(41)21-26-10-6-8-12-36(26)43-39)25-42(20-18-38(45)48-4)33-24-29(47-3)15-17-31(33)40-35(42)22-27-11-7-9-13-37(27)44-40/h6-17,21-24,36-37,43-44H,5,18-20,25H2,1-4H3. The molecule has 8 rings (SSSR count). The summed E-state index contributed by atoms with van der Waals surface area (Å²) in [6, 6.07) is 13.2. The van der Waals surface area contributed by atoms with Crippen LogP contribution in [0.15, 0.2) is 119 Å². The summed E-state index contributed by atoms with van der Waals surface area (Å²) in [7, 11) is 4.95. The molecule has 0 spiro atoms. The zero-order valence-corrected chi connectivity index (χ0v) is 28.1. The van der Waals surface area contributed by atoms with Crippen LogP contribution < -0.4 is 20.1 Å². The van der Waals surface area contributed by atoms with Crippen LogP contribution in [0.3, 0.4) is 0 Å². The lowest BCUT2D eigenvalue weighted by Gasteiger charge is -2.45. The number of ether oxygens (including phenoxy) is 3. The number of carbonyl (C=O) groups is 1. The molecule has 244 valence electrons. The fraction of sp³-hybridized carbons (Fsp3) is 0.310. The van der Waals surface area contributed by atoms with Gasteiger partial charge in [0.15, 0.2) is 0 Å². The fourth-order valence-corrected chi connectivity index (χ4v) is 9.07. The van der Waals surface area contributed by atoms with Crippen LogP contribution in [0.25, 0.3) is 11.4 Å². The first-order valence-electron chi connectivity index (χ1n) is 17.0. The van der Waals surface area contributed by atoms with Crippen LogP contribution in [0, 0.1) is 0 Å². The van der Waals surface area contributed by atoms with Crippen molar-refractivity contribution in [1.29, 1.82) is 0 Å². The number of rotatable bonds is 9. The molecule has 0 amide bonds. The van der Waals surface area contributed by atoms with Crippen LogP contribution in [0.1, 0.15) is 61.3 Å². The van der Waals surface area contributed by atoms with Crippen LogP contribution in [0.4, 0.5) is 0 Å². The maximum absolute atomic E-state index is 13.1. The Hall–Kier alpha value is -4.97. The van der Waals surface area contributed by atoms with Gasteiger partial charge in [0.05, 0.1) is 33.4 Å². The van der Waals surface area contributed by atoms with E-state index in [9.17, 15) is 4.79 Å². The van der Waals surface area contributed by atoms with Gasteiger partial charge < -0.3 is 24.8 Å². The van der Waals surface area contributed by atoms with E-state index in [1.54, 1.807) is 14.2 Å². The molecular formula is C42H42N2O4. The lowest BCUT2D eigenvalue weighted by Crippen LogP contribution is -2.41. The molecule has 0 aromatic heterocycles. The number of benzene rings is 2. The van der Waals surface area contributed by atoms with Crippen molar-refractivity contribution in [2.75, 3.05) is 21.3 Å². The van der Waals surface area contributed by atoms with Crippen molar-refractivity contribution in [3.63, 3.8) is 0 Å². The van der Waals surface area contributed by atoms with Crippen LogP contribution >= 0.6 is 0 Å². The second-order valence-corrected chi connectivity index (χ2v) is 13.6. The van der Waals surface area contributed by atoms with Crippen LogP contribution in [0.2, 0.25) is 0 Å². The van der Waals surface area contributed by atoms with Gasteiger partial charge in [0.25, 0.3) is 0 Å². The van der Waals surface area contributed by atoms with E-state index in [0.717, 1.165) is 36.5 Å². The number of methoxy groups -OCH3 is 3. The summed E-state index contributed by atoms with van der Waals surface area (Å²) in [6.45, 7) is 2.28. The molecule has 0 saturated carbocycles. The molecule has 2 N–H and O–H groups in total. The van der Waals surface area contributed by atoms with Gasteiger partial charge in [0, 0.05) is 39.8 Å². The van der Waals surface area contributed by atoms with E-state index < -0.39 is 5.41 Å². The molecule has 0 radical (unpaired) electrons. The van der Waals surface area contributed by atoms with Crippen molar-refractivity contribution < 1.29 is 19.0 Å². The molecule has 0 saturated heterocycles. The van der Waals surface area contributed by atoms with E-state index in [1.807, 2.05) is 6.07 Å². The Morgan fingerprint density at radius 2 is 1.25 bits per heavy atom. The topological polar surface area (TPSA) is 68.8 Å². The Morgan fingerprint density at radius 3 is 1.73 bits per heavy atom. The molecule has 4 atom stereocenters. The summed E-state index contributed by atoms with van der Waals surface area (Å²) in [5, 5.41) is 7.85. The summed E-state index contributed by atoms with van der Waals surface area (Å²) < 4.78 is 17.0. The molecule has 2 aliphatic heterocycles. The highest BCUT2D eigenvalue weighted by atomic mass is 16.5. The first-order valence-corrected chi connectivity index (χ1v) is 17.0. The Labute approximate surface area is 282 Å². The molecule has 2 aromatic carbocycles. The maximum Gasteiger partial charge on any atom is 0.305 e. The summed E-state index contributed by atoms with van der Waals surface area (Å²) in [5.41, 5.74) is 11.3. The second kappa shape index (κ2) is 11.6.